The zero-order valence-electron chi connectivity index (χ0n) is 9.44. The van der Waals surface area contributed by atoms with E-state index in [2.05, 4.69) is 0 Å². The van der Waals surface area contributed by atoms with Gasteiger partial charge in [0.05, 0.1) is 6.04 Å². The third-order valence-corrected chi connectivity index (χ3v) is 4.31. The SMILES string of the molecule is CC[C@H](C)[C@H](N)C(=O)N1CCS(=O)CC1. The number of carbonyl (C=O) groups is 1. The van der Waals surface area contributed by atoms with E-state index in [0.29, 0.717) is 24.6 Å². The Balaban J connectivity index is 2.49. The van der Waals surface area contributed by atoms with Gasteiger partial charge < -0.3 is 10.6 Å². The maximum absolute atomic E-state index is 11.9. The van der Waals surface area contributed by atoms with E-state index in [1.807, 2.05) is 13.8 Å². The number of hydrogen-bond acceptors (Lipinski definition) is 3. The van der Waals surface area contributed by atoms with Crippen LogP contribution >= 0.6 is 0 Å². The minimum atomic E-state index is -0.738. The van der Waals surface area contributed by atoms with Crippen LogP contribution in [0.5, 0.6) is 0 Å². The van der Waals surface area contributed by atoms with Gasteiger partial charge >= 0.3 is 0 Å². The van der Waals surface area contributed by atoms with Crippen LogP contribution in [0.4, 0.5) is 0 Å². The van der Waals surface area contributed by atoms with E-state index in [1.165, 1.54) is 0 Å². The Bertz CT molecular complexity index is 248. The first-order valence-electron chi connectivity index (χ1n) is 5.45. The summed E-state index contributed by atoms with van der Waals surface area (Å²) in [6.45, 7) is 5.21. The lowest BCUT2D eigenvalue weighted by atomic mass is 9.99. The molecule has 1 aliphatic heterocycles. The standard InChI is InChI=1S/C10H20N2O2S/c1-3-8(2)9(11)10(13)12-4-6-15(14)7-5-12/h8-9H,3-7,11H2,1-2H3/t8-,9-/m0/s1. The summed E-state index contributed by atoms with van der Waals surface area (Å²) in [6.07, 6.45) is 0.909. The largest absolute Gasteiger partial charge is 0.339 e. The second-order valence-corrected chi connectivity index (χ2v) is 5.78. The Labute approximate surface area is 93.7 Å². The number of carbonyl (C=O) groups excluding carboxylic acids is 1. The van der Waals surface area contributed by atoms with Gasteiger partial charge in [0.25, 0.3) is 0 Å². The second kappa shape index (κ2) is 5.61. The third-order valence-electron chi connectivity index (χ3n) is 3.03. The fraction of sp³-hybridized carbons (Fsp3) is 0.900. The van der Waals surface area contributed by atoms with Crippen molar-refractivity contribution in [1.82, 2.24) is 4.90 Å². The molecule has 0 unspecified atom stereocenters. The zero-order valence-corrected chi connectivity index (χ0v) is 10.3. The van der Waals surface area contributed by atoms with Gasteiger partial charge in [-0.1, -0.05) is 20.3 Å². The summed E-state index contributed by atoms with van der Waals surface area (Å²) in [7, 11) is -0.738. The third kappa shape index (κ3) is 3.28. The smallest absolute Gasteiger partial charge is 0.239 e. The molecule has 0 saturated carbocycles. The summed E-state index contributed by atoms with van der Waals surface area (Å²) in [6, 6.07) is -0.401. The van der Waals surface area contributed by atoms with Crippen LogP contribution in [0.2, 0.25) is 0 Å². The van der Waals surface area contributed by atoms with Crippen molar-refractivity contribution in [2.24, 2.45) is 11.7 Å². The van der Waals surface area contributed by atoms with Crippen molar-refractivity contribution in [3.05, 3.63) is 0 Å². The summed E-state index contributed by atoms with van der Waals surface area (Å²) in [5.41, 5.74) is 5.87. The Morgan fingerprint density at radius 3 is 2.47 bits per heavy atom. The highest BCUT2D eigenvalue weighted by molar-refractivity contribution is 7.85. The Kier molecular flexibility index (Phi) is 4.73. The van der Waals surface area contributed by atoms with Crippen molar-refractivity contribution in [3.8, 4) is 0 Å². The normalized spacial score (nSPS) is 22.5. The number of hydrogen-bond donors (Lipinski definition) is 1. The molecule has 1 fully saturated rings. The number of nitrogens with two attached hydrogens (primary N) is 1. The van der Waals surface area contributed by atoms with E-state index in [0.717, 1.165) is 6.42 Å². The van der Waals surface area contributed by atoms with Crippen molar-refractivity contribution < 1.29 is 9.00 Å². The van der Waals surface area contributed by atoms with Gasteiger partial charge in [0, 0.05) is 35.4 Å². The van der Waals surface area contributed by atoms with Crippen LogP contribution in [-0.4, -0.2) is 45.7 Å². The van der Waals surface area contributed by atoms with E-state index in [4.69, 9.17) is 5.73 Å². The molecule has 0 aliphatic carbocycles. The maximum atomic E-state index is 11.9. The number of amides is 1. The molecule has 0 aromatic carbocycles. The minimum absolute atomic E-state index is 0.0149. The van der Waals surface area contributed by atoms with Gasteiger partial charge in [0.1, 0.15) is 0 Å². The molecule has 0 aromatic heterocycles. The highest BCUT2D eigenvalue weighted by Crippen LogP contribution is 2.10. The summed E-state index contributed by atoms with van der Waals surface area (Å²) in [5.74, 6) is 1.42. The second-order valence-electron chi connectivity index (χ2n) is 4.08. The molecule has 1 rings (SSSR count). The Morgan fingerprint density at radius 2 is 2.00 bits per heavy atom. The lowest BCUT2D eigenvalue weighted by Gasteiger charge is -2.30. The molecule has 1 heterocycles. The molecule has 2 N–H and O–H groups in total. The Hall–Kier alpha value is -0.420. The molecule has 0 spiro atoms. The summed E-state index contributed by atoms with van der Waals surface area (Å²) >= 11 is 0. The van der Waals surface area contributed by atoms with Crippen molar-refractivity contribution in [2.75, 3.05) is 24.6 Å². The highest BCUT2D eigenvalue weighted by atomic mass is 32.2. The number of nitrogens with zero attached hydrogens (tertiary/aromatic N) is 1. The van der Waals surface area contributed by atoms with Crippen LogP contribution < -0.4 is 5.73 Å². The van der Waals surface area contributed by atoms with Gasteiger partial charge in [0.15, 0.2) is 0 Å². The quantitative estimate of drug-likeness (QED) is 0.742. The zero-order chi connectivity index (χ0) is 11.4. The molecule has 1 amide bonds. The maximum Gasteiger partial charge on any atom is 0.239 e. The molecule has 0 aromatic rings. The van der Waals surface area contributed by atoms with Crippen LogP contribution in [0.1, 0.15) is 20.3 Å². The first-order valence-corrected chi connectivity index (χ1v) is 6.94. The van der Waals surface area contributed by atoms with E-state index < -0.39 is 16.8 Å². The molecule has 5 heteroatoms. The summed E-state index contributed by atoms with van der Waals surface area (Å²) in [4.78, 5) is 13.7. The molecule has 88 valence electrons. The van der Waals surface area contributed by atoms with Crippen LogP contribution in [0.3, 0.4) is 0 Å². The first-order chi connectivity index (χ1) is 7.06. The van der Waals surface area contributed by atoms with Crippen LogP contribution in [0, 0.1) is 5.92 Å². The summed E-state index contributed by atoms with van der Waals surface area (Å²) in [5, 5.41) is 0. The fourth-order valence-corrected chi connectivity index (χ4v) is 2.62. The van der Waals surface area contributed by atoms with E-state index >= 15 is 0 Å². The van der Waals surface area contributed by atoms with Crippen LogP contribution in [-0.2, 0) is 15.6 Å². The lowest BCUT2D eigenvalue weighted by Crippen LogP contribution is -2.51. The van der Waals surface area contributed by atoms with Gasteiger partial charge in [-0.2, -0.15) is 0 Å². The molecule has 1 saturated heterocycles. The predicted molar refractivity (Wildman–Crippen MR) is 61.9 cm³/mol. The molecular formula is C10H20N2O2S. The molecule has 0 radical (unpaired) electrons. The topological polar surface area (TPSA) is 63.4 Å². The van der Waals surface area contributed by atoms with E-state index in [9.17, 15) is 9.00 Å². The monoisotopic (exact) mass is 232 g/mol. The van der Waals surface area contributed by atoms with Crippen molar-refractivity contribution in [3.63, 3.8) is 0 Å². The molecule has 0 bridgehead atoms. The van der Waals surface area contributed by atoms with Crippen molar-refractivity contribution in [1.29, 1.82) is 0 Å². The molecule has 15 heavy (non-hydrogen) atoms. The molecule has 1 aliphatic rings. The Morgan fingerprint density at radius 1 is 1.47 bits per heavy atom. The van der Waals surface area contributed by atoms with Gasteiger partial charge in [-0.3, -0.25) is 9.00 Å². The highest BCUT2D eigenvalue weighted by Gasteiger charge is 2.27. The van der Waals surface area contributed by atoms with Gasteiger partial charge in [0.2, 0.25) is 5.91 Å². The van der Waals surface area contributed by atoms with Crippen LogP contribution in [0.15, 0.2) is 0 Å². The van der Waals surface area contributed by atoms with Crippen molar-refractivity contribution >= 4 is 16.7 Å². The predicted octanol–water partition coefficient (Wildman–Crippen LogP) is -0.0493. The molecular weight excluding hydrogens is 212 g/mol. The van der Waals surface area contributed by atoms with E-state index in [-0.39, 0.29) is 11.8 Å². The van der Waals surface area contributed by atoms with Gasteiger partial charge in [-0.05, 0) is 5.92 Å². The summed E-state index contributed by atoms with van der Waals surface area (Å²) < 4.78 is 11.1. The fourth-order valence-electron chi connectivity index (χ4n) is 1.57. The van der Waals surface area contributed by atoms with Crippen LogP contribution in [0.25, 0.3) is 0 Å². The average molecular weight is 232 g/mol. The first kappa shape index (κ1) is 12.6. The van der Waals surface area contributed by atoms with Gasteiger partial charge in [-0.15, -0.1) is 0 Å². The number of rotatable bonds is 3. The average Bonchev–Trinajstić information content (AvgIpc) is 2.27. The molecule has 4 nitrogen and oxygen atoms in total. The van der Waals surface area contributed by atoms with Gasteiger partial charge in [-0.25, -0.2) is 0 Å². The minimum Gasteiger partial charge on any atom is -0.339 e. The molecule has 2 atom stereocenters. The lowest BCUT2D eigenvalue weighted by molar-refractivity contribution is -0.133. The van der Waals surface area contributed by atoms with Crippen molar-refractivity contribution in [2.45, 2.75) is 26.3 Å². The van der Waals surface area contributed by atoms with E-state index in [1.54, 1.807) is 4.90 Å².